The Kier molecular flexibility index (Phi) is 2.73. The summed E-state index contributed by atoms with van der Waals surface area (Å²) in [5, 5.41) is 3.72. The number of ether oxygens (including phenoxy) is 1. The first-order chi connectivity index (χ1) is 6.92. The predicted molar refractivity (Wildman–Crippen MR) is 59.7 cm³/mol. The van der Waals surface area contributed by atoms with E-state index < -0.39 is 0 Å². The van der Waals surface area contributed by atoms with Crippen LogP contribution in [0.1, 0.15) is 25.7 Å². The number of fused-ring (bicyclic) bond motifs is 2. The zero-order chi connectivity index (χ0) is 9.38. The summed E-state index contributed by atoms with van der Waals surface area (Å²) in [5.74, 6) is 3.67. The molecule has 0 saturated carbocycles. The molecule has 3 rings (SSSR count). The van der Waals surface area contributed by atoms with Gasteiger partial charge in [-0.2, -0.15) is 11.8 Å². The smallest absolute Gasteiger partial charge is 0.0733 e. The molecule has 3 saturated heterocycles. The van der Waals surface area contributed by atoms with Crippen LogP contribution in [-0.4, -0.2) is 36.3 Å². The van der Waals surface area contributed by atoms with Crippen molar-refractivity contribution in [3.63, 3.8) is 0 Å². The summed E-state index contributed by atoms with van der Waals surface area (Å²) in [7, 11) is 0. The van der Waals surface area contributed by atoms with Crippen molar-refractivity contribution >= 4 is 11.8 Å². The van der Waals surface area contributed by atoms with Gasteiger partial charge in [0.15, 0.2) is 0 Å². The molecule has 0 aromatic heterocycles. The second-order valence-electron chi connectivity index (χ2n) is 4.85. The lowest BCUT2D eigenvalue weighted by molar-refractivity contribution is 0.0971. The van der Waals surface area contributed by atoms with Crippen LogP contribution in [0.4, 0.5) is 0 Å². The fraction of sp³-hybridized carbons (Fsp3) is 1.00. The Morgan fingerprint density at radius 3 is 2.93 bits per heavy atom. The van der Waals surface area contributed by atoms with Gasteiger partial charge in [-0.05, 0) is 49.7 Å². The monoisotopic (exact) mass is 213 g/mol. The number of nitrogens with one attached hydrogen (secondary N) is 1. The van der Waals surface area contributed by atoms with E-state index in [-0.39, 0.29) is 0 Å². The third kappa shape index (κ3) is 1.82. The van der Waals surface area contributed by atoms with E-state index in [1.54, 1.807) is 0 Å². The van der Waals surface area contributed by atoms with Crippen LogP contribution in [0.3, 0.4) is 0 Å². The van der Waals surface area contributed by atoms with Crippen LogP contribution < -0.4 is 5.32 Å². The molecule has 0 aromatic rings. The summed E-state index contributed by atoms with van der Waals surface area (Å²) >= 11 is 2.11. The van der Waals surface area contributed by atoms with E-state index in [9.17, 15) is 0 Å². The molecule has 3 aliphatic rings. The lowest BCUT2D eigenvalue weighted by Crippen LogP contribution is -2.40. The standard InChI is InChI=1S/C11H19NOS/c1-2-11-10(5-9(1)13-11)12-6-8-3-4-14-7-8/h8-12H,1-7H2/t8?,9?,10-,11?/m0/s1. The first-order valence-corrected chi connectivity index (χ1v) is 7.04. The van der Waals surface area contributed by atoms with Gasteiger partial charge in [0.2, 0.25) is 0 Å². The highest BCUT2D eigenvalue weighted by molar-refractivity contribution is 7.99. The largest absolute Gasteiger partial charge is 0.373 e. The summed E-state index contributed by atoms with van der Waals surface area (Å²) < 4.78 is 5.83. The van der Waals surface area contributed by atoms with Crippen LogP contribution in [0.25, 0.3) is 0 Å². The maximum atomic E-state index is 5.83. The van der Waals surface area contributed by atoms with E-state index in [1.807, 2.05) is 0 Å². The highest BCUT2D eigenvalue weighted by Gasteiger charge is 2.40. The van der Waals surface area contributed by atoms with Crippen molar-refractivity contribution in [2.45, 2.75) is 43.9 Å². The van der Waals surface area contributed by atoms with Crippen molar-refractivity contribution in [1.29, 1.82) is 0 Å². The Morgan fingerprint density at radius 2 is 2.29 bits per heavy atom. The zero-order valence-electron chi connectivity index (χ0n) is 8.58. The first kappa shape index (κ1) is 9.49. The fourth-order valence-corrected chi connectivity index (χ4v) is 4.20. The Morgan fingerprint density at radius 1 is 1.29 bits per heavy atom. The summed E-state index contributed by atoms with van der Waals surface area (Å²) in [6.07, 6.45) is 6.43. The number of hydrogen-bond donors (Lipinski definition) is 1. The van der Waals surface area contributed by atoms with E-state index in [0.717, 1.165) is 5.92 Å². The molecule has 1 N–H and O–H groups in total. The van der Waals surface area contributed by atoms with Gasteiger partial charge < -0.3 is 10.1 Å². The Balaban J connectivity index is 1.44. The molecule has 3 heterocycles. The average molecular weight is 213 g/mol. The molecular weight excluding hydrogens is 194 g/mol. The summed E-state index contributed by atoms with van der Waals surface area (Å²) in [6, 6.07) is 0.680. The van der Waals surface area contributed by atoms with Gasteiger partial charge >= 0.3 is 0 Å². The molecule has 14 heavy (non-hydrogen) atoms. The van der Waals surface area contributed by atoms with E-state index in [2.05, 4.69) is 17.1 Å². The van der Waals surface area contributed by atoms with Gasteiger partial charge in [0.1, 0.15) is 0 Å². The van der Waals surface area contributed by atoms with Crippen molar-refractivity contribution in [2.75, 3.05) is 18.1 Å². The minimum atomic E-state index is 0.550. The van der Waals surface area contributed by atoms with Crippen LogP contribution in [0.2, 0.25) is 0 Å². The molecule has 4 atom stereocenters. The van der Waals surface area contributed by atoms with Crippen LogP contribution in [-0.2, 0) is 4.74 Å². The number of hydrogen-bond acceptors (Lipinski definition) is 3. The van der Waals surface area contributed by atoms with E-state index in [0.29, 0.717) is 18.2 Å². The van der Waals surface area contributed by atoms with Gasteiger partial charge in [-0.25, -0.2) is 0 Å². The molecule has 3 aliphatic heterocycles. The molecule has 2 nitrogen and oxygen atoms in total. The molecule has 3 fully saturated rings. The molecule has 80 valence electrons. The van der Waals surface area contributed by atoms with Crippen molar-refractivity contribution in [2.24, 2.45) is 5.92 Å². The normalized spacial score (nSPS) is 46.3. The molecule has 3 unspecified atom stereocenters. The summed E-state index contributed by atoms with van der Waals surface area (Å²) in [6.45, 7) is 1.23. The minimum Gasteiger partial charge on any atom is -0.373 e. The molecular formula is C11H19NOS. The van der Waals surface area contributed by atoms with Crippen molar-refractivity contribution < 1.29 is 4.74 Å². The Labute approximate surface area is 90.2 Å². The third-order valence-electron chi connectivity index (χ3n) is 3.80. The van der Waals surface area contributed by atoms with Gasteiger partial charge in [0.05, 0.1) is 12.2 Å². The highest BCUT2D eigenvalue weighted by atomic mass is 32.2. The second-order valence-corrected chi connectivity index (χ2v) is 6.00. The van der Waals surface area contributed by atoms with Crippen LogP contribution in [0.5, 0.6) is 0 Å². The fourth-order valence-electron chi connectivity index (χ4n) is 2.92. The predicted octanol–water partition coefficient (Wildman–Crippen LogP) is 1.65. The van der Waals surface area contributed by atoms with Crippen molar-refractivity contribution in [3.8, 4) is 0 Å². The molecule has 0 spiro atoms. The topological polar surface area (TPSA) is 21.3 Å². The zero-order valence-corrected chi connectivity index (χ0v) is 9.39. The minimum absolute atomic E-state index is 0.550. The van der Waals surface area contributed by atoms with E-state index >= 15 is 0 Å². The number of thioether (sulfide) groups is 1. The van der Waals surface area contributed by atoms with Crippen LogP contribution >= 0.6 is 11.8 Å². The van der Waals surface area contributed by atoms with Gasteiger partial charge in [-0.3, -0.25) is 0 Å². The molecule has 0 aromatic carbocycles. The van der Waals surface area contributed by atoms with Crippen molar-refractivity contribution in [1.82, 2.24) is 5.32 Å². The Hall–Kier alpha value is 0.270. The van der Waals surface area contributed by atoms with E-state index in [1.165, 1.54) is 43.7 Å². The maximum Gasteiger partial charge on any atom is 0.0733 e. The number of rotatable bonds is 3. The summed E-state index contributed by atoms with van der Waals surface area (Å²) in [4.78, 5) is 0. The lowest BCUT2D eigenvalue weighted by atomic mass is 9.95. The first-order valence-electron chi connectivity index (χ1n) is 5.88. The van der Waals surface area contributed by atoms with E-state index in [4.69, 9.17) is 4.74 Å². The van der Waals surface area contributed by atoms with Gasteiger partial charge in [0.25, 0.3) is 0 Å². The molecule has 0 amide bonds. The molecule has 0 aliphatic carbocycles. The van der Waals surface area contributed by atoms with Gasteiger partial charge in [-0.1, -0.05) is 0 Å². The Bertz CT molecular complexity index is 205. The molecule has 2 bridgehead atoms. The van der Waals surface area contributed by atoms with Gasteiger partial charge in [0, 0.05) is 6.04 Å². The van der Waals surface area contributed by atoms with Crippen LogP contribution in [0.15, 0.2) is 0 Å². The lowest BCUT2D eigenvalue weighted by Gasteiger charge is -2.21. The van der Waals surface area contributed by atoms with Crippen molar-refractivity contribution in [3.05, 3.63) is 0 Å². The van der Waals surface area contributed by atoms with Crippen LogP contribution in [0, 0.1) is 5.92 Å². The average Bonchev–Trinajstić information content (AvgIpc) is 2.91. The quantitative estimate of drug-likeness (QED) is 0.770. The molecule has 0 radical (unpaired) electrons. The maximum absolute atomic E-state index is 5.83. The molecule has 3 heteroatoms. The second kappa shape index (κ2) is 4.03. The van der Waals surface area contributed by atoms with Gasteiger partial charge in [-0.15, -0.1) is 0 Å². The highest BCUT2D eigenvalue weighted by Crippen LogP contribution is 2.34. The third-order valence-corrected chi connectivity index (χ3v) is 5.03. The SMILES string of the molecule is C1CC(CN[C@H]2CC3CCC2O3)CS1. The summed E-state index contributed by atoms with van der Waals surface area (Å²) in [5.41, 5.74) is 0.